The minimum absolute atomic E-state index is 0.167. The van der Waals surface area contributed by atoms with Gasteiger partial charge >= 0.3 is 0 Å². The predicted octanol–water partition coefficient (Wildman–Crippen LogP) is 3.97. The molecule has 2 heteroatoms. The number of nitrogens with zero attached hydrogens (tertiary/aromatic N) is 1. The Morgan fingerprint density at radius 2 is 1.85 bits per heavy atom. The van der Waals surface area contributed by atoms with Crippen LogP contribution in [0, 0.1) is 16.7 Å². The Labute approximate surface area is 122 Å². The summed E-state index contributed by atoms with van der Waals surface area (Å²) in [6, 6.07) is 10.0. The van der Waals surface area contributed by atoms with Gasteiger partial charge in [0.1, 0.15) is 0 Å². The van der Waals surface area contributed by atoms with Gasteiger partial charge in [0, 0.05) is 18.7 Å². The Hall–Kier alpha value is -1.31. The standard InChI is InChI=1S/C18H25NO/c1-17(2)14-10-11-18(17,3)15(12-14)19(4)16(20)13-8-6-5-7-9-13/h5-9,14-15H,10-12H2,1-4H3/t14-,15+,18+/m1/s1. The number of hydrogen-bond donors (Lipinski definition) is 0. The minimum Gasteiger partial charge on any atom is -0.338 e. The van der Waals surface area contributed by atoms with Gasteiger partial charge in [0.2, 0.25) is 0 Å². The van der Waals surface area contributed by atoms with Gasteiger partial charge in [-0.05, 0) is 48.1 Å². The highest BCUT2D eigenvalue weighted by Gasteiger charge is 2.62. The first kappa shape index (κ1) is 13.7. The van der Waals surface area contributed by atoms with Crippen LogP contribution in [0.4, 0.5) is 0 Å². The second-order valence-corrected chi connectivity index (χ2v) is 7.41. The molecule has 1 amide bonds. The largest absolute Gasteiger partial charge is 0.338 e. The van der Waals surface area contributed by atoms with E-state index in [1.807, 2.05) is 42.3 Å². The third kappa shape index (κ3) is 1.66. The molecule has 0 heterocycles. The zero-order chi connectivity index (χ0) is 14.5. The summed E-state index contributed by atoms with van der Waals surface area (Å²) in [5, 5.41) is 0. The van der Waals surface area contributed by atoms with E-state index in [4.69, 9.17) is 0 Å². The van der Waals surface area contributed by atoms with E-state index in [1.165, 1.54) is 19.3 Å². The number of amides is 1. The van der Waals surface area contributed by atoms with Crippen molar-refractivity contribution in [3.8, 4) is 0 Å². The lowest BCUT2D eigenvalue weighted by Gasteiger charge is -2.43. The Kier molecular flexibility index (Phi) is 2.97. The molecule has 1 aromatic rings. The summed E-state index contributed by atoms with van der Waals surface area (Å²) in [4.78, 5) is 14.7. The van der Waals surface area contributed by atoms with Crippen molar-refractivity contribution < 1.29 is 4.79 Å². The van der Waals surface area contributed by atoms with E-state index in [0.717, 1.165) is 11.5 Å². The number of carbonyl (C=O) groups excluding carboxylic acids is 1. The fraction of sp³-hybridized carbons (Fsp3) is 0.611. The lowest BCUT2D eigenvalue weighted by atomic mass is 9.69. The highest BCUT2D eigenvalue weighted by molar-refractivity contribution is 5.94. The molecule has 0 aromatic heterocycles. The summed E-state index contributed by atoms with van der Waals surface area (Å²) in [5.74, 6) is 0.934. The van der Waals surface area contributed by atoms with E-state index in [0.29, 0.717) is 11.5 Å². The normalized spacial score (nSPS) is 34.2. The average Bonchev–Trinajstić information content (AvgIpc) is 2.79. The summed E-state index contributed by atoms with van der Waals surface area (Å²) < 4.78 is 0. The molecule has 2 aliphatic rings. The van der Waals surface area contributed by atoms with Crippen molar-refractivity contribution in [2.24, 2.45) is 16.7 Å². The molecule has 0 radical (unpaired) electrons. The topological polar surface area (TPSA) is 20.3 Å². The molecule has 108 valence electrons. The maximum Gasteiger partial charge on any atom is 0.253 e. The molecule has 2 nitrogen and oxygen atoms in total. The van der Waals surface area contributed by atoms with Gasteiger partial charge in [0.05, 0.1) is 0 Å². The van der Waals surface area contributed by atoms with E-state index < -0.39 is 0 Å². The maximum atomic E-state index is 12.7. The Morgan fingerprint density at radius 3 is 2.35 bits per heavy atom. The van der Waals surface area contributed by atoms with Crippen LogP contribution in [-0.2, 0) is 0 Å². The molecule has 3 atom stereocenters. The molecule has 0 N–H and O–H groups in total. The van der Waals surface area contributed by atoms with Gasteiger partial charge in [0.25, 0.3) is 5.91 Å². The molecule has 2 aliphatic carbocycles. The molecule has 1 aromatic carbocycles. The fourth-order valence-electron chi connectivity index (χ4n) is 4.67. The number of rotatable bonds is 2. The predicted molar refractivity (Wildman–Crippen MR) is 81.6 cm³/mol. The van der Waals surface area contributed by atoms with Crippen molar-refractivity contribution in [1.82, 2.24) is 4.90 Å². The Balaban J connectivity index is 1.86. The van der Waals surface area contributed by atoms with Gasteiger partial charge in [-0.15, -0.1) is 0 Å². The molecule has 2 saturated carbocycles. The molecular weight excluding hydrogens is 246 g/mol. The summed E-state index contributed by atoms with van der Waals surface area (Å²) >= 11 is 0. The van der Waals surface area contributed by atoms with E-state index in [-0.39, 0.29) is 11.3 Å². The maximum absolute atomic E-state index is 12.7. The Morgan fingerprint density at radius 1 is 1.20 bits per heavy atom. The van der Waals surface area contributed by atoms with Crippen LogP contribution in [0.25, 0.3) is 0 Å². The lowest BCUT2D eigenvalue weighted by Crippen LogP contribution is -2.47. The third-order valence-electron chi connectivity index (χ3n) is 6.56. The van der Waals surface area contributed by atoms with Gasteiger partial charge in [-0.1, -0.05) is 39.0 Å². The second-order valence-electron chi connectivity index (χ2n) is 7.41. The molecule has 0 aliphatic heterocycles. The highest BCUT2D eigenvalue weighted by atomic mass is 16.2. The monoisotopic (exact) mass is 271 g/mol. The van der Waals surface area contributed by atoms with Crippen LogP contribution in [0.1, 0.15) is 50.4 Å². The minimum atomic E-state index is 0.167. The van der Waals surface area contributed by atoms with Crippen LogP contribution in [0.15, 0.2) is 30.3 Å². The zero-order valence-corrected chi connectivity index (χ0v) is 13.0. The fourth-order valence-corrected chi connectivity index (χ4v) is 4.67. The molecule has 2 bridgehead atoms. The smallest absolute Gasteiger partial charge is 0.253 e. The van der Waals surface area contributed by atoms with Crippen LogP contribution in [-0.4, -0.2) is 23.9 Å². The molecule has 20 heavy (non-hydrogen) atoms. The number of benzene rings is 1. The van der Waals surface area contributed by atoms with Crippen LogP contribution in [0.2, 0.25) is 0 Å². The first-order chi connectivity index (χ1) is 9.38. The number of carbonyl (C=O) groups is 1. The first-order valence-corrected chi connectivity index (χ1v) is 7.70. The summed E-state index contributed by atoms with van der Waals surface area (Å²) in [6.45, 7) is 7.18. The van der Waals surface area contributed by atoms with Crippen LogP contribution < -0.4 is 0 Å². The third-order valence-corrected chi connectivity index (χ3v) is 6.56. The second kappa shape index (κ2) is 4.34. The zero-order valence-electron chi connectivity index (χ0n) is 13.0. The van der Waals surface area contributed by atoms with Crippen molar-refractivity contribution in [3.63, 3.8) is 0 Å². The lowest BCUT2D eigenvalue weighted by molar-refractivity contribution is 0.0415. The molecule has 0 saturated heterocycles. The van der Waals surface area contributed by atoms with Crippen molar-refractivity contribution in [2.45, 2.75) is 46.1 Å². The van der Waals surface area contributed by atoms with E-state index in [1.54, 1.807) is 0 Å². The SMILES string of the molecule is CN(C(=O)c1ccccc1)[C@H]1C[C@H]2CC[C@]1(C)C2(C)C. The van der Waals surface area contributed by atoms with Gasteiger partial charge in [0.15, 0.2) is 0 Å². The van der Waals surface area contributed by atoms with Crippen molar-refractivity contribution in [1.29, 1.82) is 0 Å². The number of hydrogen-bond acceptors (Lipinski definition) is 1. The molecular formula is C18H25NO. The van der Waals surface area contributed by atoms with Gasteiger partial charge in [-0.3, -0.25) is 4.79 Å². The van der Waals surface area contributed by atoms with E-state index in [9.17, 15) is 4.79 Å². The summed E-state index contributed by atoms with van der Waals surface area (Å²) in [6.07, 6.45) is 3.74. The van der Waals surface area contributed by atoms with Crippen LogP contribution in [0.3, 0.4) is 0 Å². The first-order valence-electron chi connectivity index (χ1n) is 7.70. The average molecular weight is 271 g/mol. The molecule has 3 rings (SSSR count). The van der Waals surface area contributed by atoms with Crippen LogP contribution in [0.5, 0.6) is 0 Å². The van der Waals surface area contributed by atoms with E-state index >= 15 is 0 Å². The summed E-state index contributed by atoms with van der Waals surface area (Å²) in [5.41, 5.74) is 1.42. The number of fused-ring (bicyclic) bond motifs is 2. The molecule has 0 spiro atoms. The van der Waals surface area contributed by atoms with E-state index in [2.05, 4.69) is 20.8 Å². The Bertz CT molecular complexity index is 521. The van der Waals surface area contributed by atoms with Crippen LogP contribution >= 0.6 is 0 Å². The molecule has 0 unspecified atom stereocenters. The van der Waals surface area contributed by atoms with Gasteiger partial charge in [-0.2, -0.15) is 0 Å². The van der Waals surface area contributed by atoms with Gasteiger partial charge < -0.3 is 4.90 Å². The van der Waals surface area contributed by atoms with Crippen molar-refractivity contribution >= 4 is 5.91 Å². The highest BCUT2D eigenvalue weighted by Crippen LogP contribution is 2.66. The van der Waals surface area contributed by atoms with Gasteiger partial charge in [-0.25, -0.2) is 0 Å². The molecule has 2 fully saturated rings. The quantitative estimate of drug-likeness (QED) is 0.797. The van der Waals surface area contributed by atoms with Crippen molar-refractivity contribution in [2.75, 3.05) is 7.05 Å². The van der Waals surface area contributed by atoms with Crippen molar-refractivity contribution in [3.05, 3.63) is 35.9 Å². The summed E-state index contributed by atoms with van der Waals surface area (Å²) in [7, 11) is 1.99.